The summed E-state index contributed by atoms with van der Waals surface area (Å²) in [7, 11) is 0. The SMILES string of the molecule is CCC1CCCC(NC(C)c2ccc3c(c2)OCO3)C1. The molecule has 3 unspecified atom stereocenters. The molecule has 0 aromatic heterocycles. The van der Waals surface area contributed by atoms with Crippen molar-refractivity contribution in [1.82, 2.24) is 5.32 Å². The Bertz CT molecular complexity index is 460. The maximum absolute atomic E-state index is 5.46. The van der Waals surface area contributed by atoms with Gasteiger partial charge < -0.3 is 14.8 Å². The van der Waals surface area contributed by atoms with Gasteiger partial charge in [0, 0.05) is 12.1 Å². The van der Waals surface area contributed by atoms with Crippen LogP contribution in [0.4, 0.5) is 0 Å². The Morgan fingerprint density at radius 3 is 2.95 bits per heavy atom. The van der Waals surface area contributed by atoms with E-state index in [0.29, 0.717) is 18.9 Å². The zero-order chi connectivity index (χ0) is 13.9. The van der Waals surface area contributed by atoms with Gasteiger partial charge in [0.2, 0.25) is 6.79 Å². The van der Waals surface area contributed by atoms with Crippen molar-refractivity contribution in [1.29, 1.82) is 0 Å². The summed E-state index contributed by atoms with van der Waals surface area (Å²) >= 11 is 0. The summed E-state index contributed by atoms with van der Waals surface area (Å²) in [6.45, 7) is 4.91. The van der Waals surface area contributed by atoms with Crippen LogP contribution in [0.3, 0.4) is 0 Å². The lowest BCUT2D eigenvalue weighted by molar-refractivity contribution is 0.174. The molecule has 1 heterocycles. The minimum Gasteiger partial charge on any atom is -0.454 e. The second kappa shape index (κ2) is 6.04. The highest BCUT2D eigenvalue weighted by molar-refractivity contribution is 5.45. The van der Waals surface area contributed by atoms with Crippen molar-refractivity contribution in [3.8, 4) is 11.5 Å². The fourth-order valence-electron chi connectivity index (χ4n) is 3.45. The normalized spacial score (nSPS) is 26.5. The van der Waals surface area contributed by atoms with Crippen molar-refractivity contribution in [3.63, 3.8) is 0 Å². The maximum Gasteiger partial charge on any atom is 0.231 e. The number of hydrogen-bond donors (Lipinski definition) is 1. The fourth-order valence-corrected chi connectivity index (χ4v) is 3.45. The standard InChI is InChI=1S/C17H25NO2/c1-3-13-5-4-6-15(9-13)18-12(2)14-7-8-16-17(10-14)20-11-19-16/h7-8,10,12-13,15,18H,3-6,9,11H2,1-2H3. The molecule has 20 heavy (non-hydrogen) atoms. The van der Waals surface area contributed by atoms with Crippen LogP contribution in [0.5, 0.6) is 11.5 Å². The zero-order valence-corrected chi connectivity index (χ0v) is 12.5. The second-order valence-corrected chi connectivity index (χ2v) is 6.14. The van der Waals surface area contributed by atoms with Crippen LogP contribution in [0, 0.1) is 5.92 Å². The van der Waals surface area contributed by atoms with Crippen LogP contribution in [0.1, 0.15) is 57.6 Å². The number of rotatable bonds is 4. The third-order valence-corrected chi connectivity index (χ3v) is 4.74. The van der Waals surface area contributed by atoms with Crippen molar-refractivity contribution in [2.45, 2.75) is 58.0 Å². The van der Waals surface area contributed by atoms with Crippen molar-refractivity contribution in [2.24, 2.45) is 5.92 Å². The van der Waals surface area contributed by atoms with E-state index in [0.717, 1.165) is 17.4 Å². The molecular formula is C17H25NO2. The first-order valence-corrected chi connectivity index (χ1v) is 7.92. The summed E-state index contributed by atoms with van der Waals surface area (Å²) in [5.41, 5.74) is 1.29. The Kier molecular flexibility index (Phi) is 4.16. The summed E-state index contributed by atoms with van der Waals surface area (Å²) in [4.78, 5) is 0. The van der Waals surface area contributed by atoms with Gasteiger partial charge in [-0.2, -0.15) is 0 Å². The summed E-state index contributed by atoms with van der Waals surface area (Å²) in [6, 6.07) is 7.30. The van der Waals surface area contributed by atoms with Gasteiger partial charge in [0.1, 0.15) is 0 Å². The average molecular weight is 275 g/mol. The van der Waals surface area contributed by atoms with E-state index in [4.69, 9.17) is 9.47 Å². The molecule has 0 spiro atoms. The van der Waals surface area contributed by atoms with Gasteiger partial charge >= 0.3 is 0 Å². The van der Waals surface area contributed by atoms with Gasteiger partial charge in [-0.05, 0) is 43.4 Å². The van der Waals surface area contributed by atoms with Gasteiger partial charge in [-0.3, -0.25) is 0 Å². The Labute approximate surface area is 121 Å². The molecule has 1 aromatic rings. The summed E-state index contributed by atoms with van der Waals surface area (Å²) in [5.74, 6) is 2.65. The van der Waals surface area contributed by atoms with E-state index in [1.807, 2.05) is 6.07 Å². The molecule has 3 nitrogen and oxygen atoms in total. The zero-order valence-electron chi connectivity index (χ0n) is 12.5. The van der Waals surface area contributed by atoms with Crippen LogP contribution in [-0.2, 0) is 0 Å². The molecule has 1 aromatic carbocycles. The molecule has 1 N–H and O–H groups in total. The van der Waals surface area contributed by atoms with E-state index < -0.39 is 0 Å². The van der Waals surface area contributed by atoms with Gasteiger partial charge in [-0.25, -0.2) is 0 Å². The fraction of sp³-hybridized carbons (Fsp3) is 0.647. The van der Waals surface area contributed by atoms with Crippen LogP contribution in [0.15, 0.2) is 18.2 Å². The van der Waals surface area contributed by atoms with Crippen molar-refractivity contribution < 1.29 is 9.47 Å². The van der Waals surface area contributed by atoms with Gasteiger partial charge in [0.15, 0.2) is 11.5 Å². The Hall–Kier alpha value is -1.22. The largest absolute Gasteiger partial charge is 0.454 e. The number of fused-ring (bicyclic) bond motifs is 1. The molecule has 3 rings (SSSR count). The molecule has 2 aliphatic rings. The molecule has 1 aliphatic carbocycles. The number of nitrogens with one attached hydrogen (secondary N) is 1. The van der Waals surface area contributed by atoms with E-state index in [1.165, 1.54) is 37.7 Å². The summed E-state index contributed by atoms with van der Waals surface area (Å²) in [5, 5.41) is 3.79. The van der Waals surface area contributed by atoms with E-state index in [9.17, 15) is 0 Å². The Morgan fingerprint density at radius 2 is 2.10 bits per heavy atom. The minimum atomic E-state index is 0.349. The number of hydrogen-bond acceptors (Lipinski definition) is 3. The van der Waals surface area contributed by atoms with Crippen molar-refractivity contribution in [2.75, 3.05) is 6.79 Å². The van der Waals surface area contributed by atoms with Crippen molar-refractivity contribution >= 4 is 0 Å². The van der Waals surface area contributed by atoms with Gasteiger partial charge in [-0.1, -0.05) is 32.3 Å². The lowest BCUT2D eigenvalue weighted by Crippen LogP contribution is -2.35. The third kappa shape index (κ3) is 2.93. The van der Waals surface area contributed by atoms with Gasteiger partial charge in [0.25, 0.3) is 0 Å². The van der Waals surface area contributed by atoms with Gasteiger partial charge in [-0.15, -0.1) is 0 Å². The molecule has 1 fully saturated rings. The predicted octanol–water partition coefficient (Wildman–Crippen LogP) is 4.03. The van der Waals surface area contributed by atoms with E-state index in [-0.39, 0.29) is 0 Å². The highest BCUT2D eigenvalue weighted by atomic mass is 16.7. The number of benzene rings is 1. The van der Waals surface area contributed by atoms with Gasteiger partial charge in [0.05, 0.1) is 0 Å². The summed E-state index contributed by atoms with van der Waals surface area (Å²) in [6.07, 6.45) is 6.73. The maximum atomic E-state index is 5.46. The lowest BCUT2D eigenvalue weighted by atomic mass is 9.84. The minimum absolute atomic E-state index is 0.349. The first kappa shape index (κ1) is 13.7. The van der Waals surface area contributed by atoms with Crippen molar-refractivity contribution in [3.05, 3.63) is 23.8 Å². The molecule has 3 atom stereocenters. The molecule has 110 valence electrons. The molecule has 0 radical (unpaired) electrons. The highest BCUT2D eigenvalue weighted by Crippen LogP contribution is 2.35. The first-order chi connectivity index (χ1) is 9.76. The van der Waals surface area contributed by atoms with Crippen LogP contribution in [0.25, 0.3) is 0 Å². The molecule has 0 bridgehead atoms. The van der Waals surface area contributed by atoms with E-state index in [2.05, 4.69) is 31.3 Å². The highest BCUT2D eigenvalue weighted by Gasteiger charge is 2.23. The molecule has 0 saturated heterocycles. The monoisotopic (exact) mass is 275 g/mol. The Morgan fingerprint density at radius 1 is 1.25 bits per heavy atom. The first-order valence-electron chi connectivity index (χ1n) is 7.92. The molecule has 1 saturated carbocycles. The molecular weight excluding hydrogens is 250 g/mol. The summed E-state index contributed by atoms with van der Waals surface area (Å²) < 4.78 is 10.8. The Balaban J connectivity index is 1.62. The van der Waals surface area contributed by atoms with Crippen LogP contribution < -0.4 is 14.8 Å². The van der Waals surface area contributed by atoms with Crippen LogP contribution >= 0.6 is 0 Å². The van der Waals surface area contributed by atoms with E-state index in [1.54, 1.807) is 0 Å². The average Bonchev–Trinajstić information content (AvgIpc) is 2.94. The van der Waals surface area contributed by atoms with E-state index >= 15 is 0 Å². The topological polar surface area (TPSA) is 30.5 Å². The second-order valence-electron chi connectivity index (χ2n) is 6.14. The number of ether oxygens (including phenoxy) is 2. The third-order valence-electron chi connectivity index (χ3n) is 4.74. The molecule has 0 amide bonds. The lowest BCUT2D eigenvalue weighted by Gasteiger charge is -2.31. The van der Waals surface area contributed by atoms with Crippen LogP contribution in [-0.4, -0.2) is 12.8 Å². The smallest absolute Gasteiger partial charge is 0.231 e. The predicted molar refractivity (Wildman–Crippen MR) is 80.2 cm³/mol. The quantitative estimate of drug-likeness (QED) is 0.899. The molecule has 1 aliphatic heterocycles. The van der Waals surface area contributed by atoms with Crippen LogP contribution in [0.2, 0.25) is 0 Å². The molecule has 3 heteroatoms.